The largest absolute Gasteiger partial charge is 0.375 e. The minimum absolute atomic E-state index is 0.660. The van der Waals surface area contributed by atoms with E-state index in [-0.39, 0.29) is 0 Å². The summed E-state index contributed by atoms with van der Waals surface area (Å²) in [6.45, 7) is 0. The third-order valence-electron chi connectivity index (χ3n) is 5.49. The van der Waals surface area contributed by atoms with Gasteiger partial charge >= 0.3 is 0 Å². The van der Waals surface area contributed by atoms with E-state index in [1.165, 1.54) is 0 Å². The maximum atomic E-state index is 11.4. The average Bonchev–Trinajstić information content (AvgIpc) is 3.52. The fourth-order valence-electron chi connectivity index (χ4n) is 3.97. The predicted octanol–water partition coefficient (Wildman–Crippen LogP) is 5.01. The number of hydrogen-bond donors (Lipinski definition) is 2. The molecule has 0 bridgehead atoms. The summed E-state index contributed by atoms with van der Waals surface area (Å²) >= 11 is 1.60. The van der Waals surface area contributed by atoms with Crippen molar-refractivity contribution >= 4 is 28.4 Å². The van der Waals surface area contributed by atoms with Gasteiger partial charge in [-0.15, -0.1) is 11.3 Å². The predicted molar refractivity (Wildman–Crippen MR) is 119 cm³/mol. The molecule has 1 unspecified atom stereocenters. The summed E-state index contributed by atoms with van der Waals surface area (Å²) in [6.07, 6.45) is 9.15. The van der Waals surface area contributed by atoms with Crippen LogP contribution in [0.25, 0.3) is 38.9 Å². The van der Waals surface area contributed by atoms with Crippen molar-refractivity contribution in [3.8, 4) is 21.8 Å². The Morgan fingerprint density at radius 1 is 1.00 bits per heavy atom. The van der Waals surface area contributed by atoms with Crippen molar-refractivity contribution in [3.63, 3.8) is 0 Å². The lowest BCUT2D eigenvalue weighted by Crippen LogP contribution is -2.24. The number of fused-ring (bicyclic) bond motifs is 2. The van der Waals surface area contributed by atoms with Gasteiger partial charge in [0.25, 0.3) is 0 Å². The van der Waals surface area contributed by atoms with Crippen LogP contribution in [0.3, 0.4) is 0 Å². The van der Waals surface area contributed by atoms with Gasteiger partial charge in [0.15, 0.2) is 5.60 Å². The van der Waals surface area contributed by atoms with Crippen LogP contribution in [-0.2, 0) is 5.60 Å². The average molecular weight is 408 g/mol. The minimum Gasteiger partial charge on any atom is -0.375 e. The van der Waals surface area contributed by atoms with Gasteiger partial charge in [0.05, 0.1) is 11.4 Å². The normalized spacial score (nSPS) is 17.5. The molecule has 30 heavy (non-hydrogen) atoms. The first-order chi connectivity index (χ1) is 14.7. The highest BCUT2D eigenvalue weighted by Crippen LogP contribution is 2.39. The lowest BCUT2D eigenvalue weighted by atomic mass is 9.90. The number of nitrogens with zero attached hydrogens (tertiary/aromatic N) is 3. The van der Waals surface area contributed by atoms with E-state index in [1.807, 2.05) is 66.2 Å². The summed E-state index contributed by atoms with van der Waals surface area (Å²) in [5.41, 5.74) is 4.88. The Balaban J connectivity index is 1.40. The van der Waals surface area contributed by atoms with Crippen LogP contribution in [0, 0.1) is 0 Å². The van der Waals surface area contributed by atoms with Crippen molar-refractivity contribution in [3.05, 3.63) is 95.4 Å². The summed E-state index contributed by atoms with van der Waals surface area (Å²) in [4.78, 5) is 16.8. The molecule has 144 valence electrons. The topological polar surface area (TPSA) is 74.7 Å². The van der Waals surface area contributed by atoms with Gasteiger partial charge in [0, 0.05) is 40.5 Å². The molecule has 6 heteroatoms. The first-order valence-corrected chi connectivity index (χ1v) is 10.5. The number of aliphatic hydroxyl groups is 1. The quantitative estimate of drug-likeness (QED) is 0.440. The number of aromatic amines is 1. The van der Waals surface area contributed by atoms with Crippen LogP contribution < -0.4 is 0 Å². The molecule has 4 heterocycles. The highest BCUT2D eigenvalue weighted by atomic mass is 32.1. The van der Waals surface area contributed by atoms with E-state index in [9.17, 15) is 5.11 Å². The van der Waals surface area contributed by atoms with Crippen LogP contribution in [-0.4, -0.2) is 25.0 Å². The summed E-state index contributed by atoms with van der Waals surface area (Å²) in [5.74, 6) is 0. The molecule has 0 saturated heterocycles. The summed E-state index contributed by atoms with van der Waals surface area (Å²) in [6, 6.07) is 15.7. The lowest BCUT2D eigenvalue weighted by molar-refractivity contribution is 0.133. The summed E-state index contributed by atoms with van der Waals surface area (Å²) in [7, 11) is 0. The van der Waals surface area contributed by atoms with E-state index < -0.39 is 5.60 Å². The van der Waals surface area contributed by atoms with Crippen LogP contribution in [0.15, 0.2) is 78.6 Å². The highest BCUT2D eigenvalue weighted by Gasteiger charge is 2.36. The summed E-state index contributed by atoms with van der Waals surface area (Å²) < 4.78 is 0. The summed E-state index contributed by atoms with van der Waals surface area (Å²) in [5, 5.41) is 15.4. The Morgan fingerprint density at radius 3 is 2.87 bits per heavy atom. The minimum atomic E-state index is -1.23. The van der Waals surface area contributed by atoms with Gasteiger partial charge in [-0.05, 0) is 41.5 Å². The molecule has 4 aromatic heterocycles. The molecule has 6 rings (SSSR count). The van der Waals surface area contributed by atoms with Crippen molar-refractivity contribution < 1.29 is 5.11 Å². The first kappa shape index (κ1) is 17.3. The fraction of sp³-hybridized carbons (Fsp3) is 0.0417. The van der Waals surface area contributed by atoms with E-state index >= 15 is 0 Å². The zero-order chi connectivity index (χ0) is 20.1. The maximum absolute atomic E-state index is 11.4. The molecule has 1 aromatic carbocycles. The molecule has 1 aliphatic carbocycles. The molecule has 0 amide bonds. The third kappa shape index (κ3) is 2.55. The molecule has 5 aromatic rings. The smallest absolute Gasteiger partial charge is 0.151 e. The van der Waals surface area contributed by atoms with Gasteiger partial charge in [-0.3, -0.25) is 4.98 Å². The Kier molecular flexibility index (Phi) is 3.71. The van der Waals surface area contributed by atoms with Crippen molar-refractivity contribution in [2.45, 2.75) is 5.60 Å². The molecular weight excluding hydrogens is 392 g/mol. The number of aromatic nitrogens is 4. The Hall–Kier alpha value is -3.61. The molecule has 1 atom stereocenters. The second kappa shape index (κ2) is 6.45. The van der Waals surface area contributed by atoms with E-state index in [1.54, 1.807) is 29.8 Å². The van der Waals surface area contributed by atoms with Crippen LogP contribution in [0.1, 0.15) is 16.8 Å². The van der Waals surface area contributed by atoms with Crippen molar-refractivity contribution in [2.24, 2.45) is 0 Å². The monoisotopic (exact) mass is 408 g/mol. The van der Waals surface area contributed by atoms with Crippen LogP contribution in [0.4, 0.5) is 0 Å². The Morgan fingerprint density at radius 2 is 1.90 bits per heavy atom. The second-order valence-corrected chi connectivity index (χ2v) is 8.12. The zero-order valence-corrected chi connectivity index (χ0v) is 16.6. The lowest BCUT2D eigenvalue weighted by Gasteiger charge is -2.22. The maximum Gasteiger partial charge on any atom is 0.151 e. The first-order valence-electron chi connectivity index (χ1n) is 9.58. The molecule has 2 N–H and O–H groups in total. The van der Waals surface area contributed by atoms with Crippen molar-refractivity contribution in [1.82, 2.24) is 19.9 Å². The SMILES string of the molecule is OC1(c2cccc(-c3csc(-c4c[nH]c5ncccc45)n3)c2)C=Cc2cccnc21. The molecule has 0 radical (unpaired) electrons. The number of benzene rings is 1. The molecule has 1 aliphatic rings. The van der Waals surface area contributed by atoms with Crippen LogP contribution >= 0.6 is 11.3 Å². The Labute approximate surface area is 176 Å². The van der Waals surface area contributed by atoms with Crippen LogP contribution in [0.5, 0.6) is 0 Å². The molecule has 0 spiro atoms. The van der Waals surface area contributed by atoms with Crippen molar-refractivity contribution in [1.29, 1.82) is 0 Å². The van der Waals surface area contributed by atoms with Gasteiger partial charge in [0.2, 0.25) is 0 Å². The molecule has 5 nitrogen and oxygen atoms in total. The highest BCUT2D eigenvalue weighted by molar-refractivity contribution is 7.13. The van der Waals surface area contributed by atoms with Gasteiger partial charge in [-0.25, -0.2) is 9.97 Å². The molecule has 0 saturated carbocycles. The zero-order valence-electron chi connectivity index (χ0n) is 15.8. The van der Waals surface area contributed by atoms with E-state index in [2.05, 4.69) is 15.0 Å². The van der Waals surface area contributed by atoms with Crippen molar-refractivity contribution in [2.75, 3.05) is 0 Å². The second-order valence-electron chi connectivity index (χ2n) is 7.26. The Bertz CT molecular complexity index is 1430. The standard InChI is InChI=1S/C24H16N4OS/c29-24(9-8-15-5-2-10-25-21(15)24)17-6-1-4-16(12-17)20-14-30-23(28-20)19-13-27-22-18(19)7-3-11-26-22/h1-14,29H,(H,26,27). The van der Waals surface area contributed by atoms with E-state index in [4.69, 9.17) is 4.98 Å². The number of nitrogens with one attached hydrogen (secondary N) is 1. The molecular formula is C24H16N4OS. The van der Waals surface area contributed by atoms with Gasteiger partial charge < -0.3 is 10.1 Å². The number of pyridine rings is 2. The number of hydrogen-bond acceptors (Lipinski definition) is 5. The van der Waals surface area contributed by atoms with Gasteiger partial charge in [-0.1, -0.05) is 30.3 Å². The third-order valence-corrected chi connectivity index (χ3v) is 6.36. The number of rotatable bonds is 3. The van der Waals surface area contributed by atoms with Gasteiger partial charge in [0.1, 0.15) is 10.7 Å². The van der Waals surface area contributed by atoms with E-state index in [0.29, 0.717) is 5.69 Å². The van der Waals surface area contributed by atoms with Gasteiger partial charge in [-0.2, -0.15) is 0 Å². The number of thiazole rings is 1. The fourth-order valence-corrected chi connectivity index (χ4v) is 4.83. The number of H-pyrrole nitrogens is 1. The molecule has 0 aliphatic heterocycles. The van der Waals surface area contributed by atoms with Crippen LogP contribution in [0.2, 0.25) is 0 Å². The van der Waals surface area contributed by atoms with E-state index in [0.717, 1.165) is 44.0 Å². The molecule has 0 fully saturated rings.